The molecular weight excluding hydrogens is 308 g/mol. The number of pyridine rings is 1. The van der Waals surface area contributed by atoms with Crippen LogP contribution in [-0.2, 0) is 6.42 Å². The zero-order valence-electron chi connectivity index (χ0n) is 13.1. The quantitative estimate of drug-likeness (QED) is 0.747. The zero-order valence-corrected chi connectivity index (χ0v) is 13.1. The van der Waals surface area contributed by atoms with E-state index >= 15 is 0 Å². The molecule has 0 aliphatic rings. The Morgan fingerprint density at radius 1 is 1.25 bits per heavy atom. The summed E-state index contributed by atoms with van der Waals surface area (Å²) in [6.45, 7) is 0.434. The first kappa shape index (κ1) is 15.7. The third kappa shape index (κ3) is 3.57. The third-order valence-electron chi connectivity index (χ3n) is 3.41. The minimum Gasteiger partial charge on any atom is -0.496 e. The maximum Gasteiger partial charge on any atom is 0.316 e. The molecule has 3 rings (SSSR count). The lowest BCUT2D eigenvalue weighted by Crippen LogP contribution is -2.26. The van der Waals surface area contributed by atoms with Gasteiger partial charge in [0.25, 0.3) is 0 Å². The number of benzene rings is 1. The number of carbonyl (C=O) groups is 1. The van der Waals surface area contributed by atoms with Crippen LogP contribution in [0.4, 0.5) is 0 Å². The van der Waals surface area contributed by atoms with Crippen LogP contribution < -0.4 is 10.1 Å². The van der Waals surface area contributed by atoms with Crippen LogP contribution in [0.2, 0.25) is 0 Å². The van der Waals surface area contributed by atoms with Crippen molar-refractivity contribution in [2.45, 2.75) is 6.42 Å². The number of hydrogen-bond donors (Lipinski definition) is 1. The van der Waals surface area contributed by atoms with Crippen LogP contribution in [0.5, 0.6) is 5.75 Å². The topological polar surface area (TPSA) is 90.1 Å². The number of methoxy groups -OCH3 is 1. The fourth-order valence-electron chi connectivity index (χ4n) is 2.22. The predicted molar refractivity (Wildman–Crippen MR) is 86.6 cm³/mol. The number of carbonyl (C=O) groups excluding carboxylic acids is 1. The molecule has 0 fully saturated rings. The molecule has 0 radical (unpaired) electrons. The Hall–Kier alpha value is -3.22. The Morgan fingerprint density at radius 2 is 2.12 bits per heavy atom. The molecule has 2 aromatic heterocycles. The number of para-hydroxylation sites is 1. The molecule has 1 N–H and O–H groups in total. The minimum absolute atomic E-state index is 0.0751. The normalized spacial score (nSPS) is 10.4. The number of nitrogens with zero attached hydrogens (tertiary/aromatic N) is 3. The Bertz CT molecular complexity index is 817. The molecule has 3 aromatic rings. The Balaban J connectivity index is 1.59. The first-order valence-electron chi connectivity index (χ1n) is 7.42. The molecule has 0 saturated carbocycles. The number of ether oxygens (including phenoxy) is 1. The molecule has 0 aliphatic heterocycles. The zero-order chi connectivity index (χ0) is 16.8. The summed E-state index contributed by atoms with van der Waals surface area (Å²) in [5.74, 6) is 0.641. The van der Waals surface area contributed by atoms with Gasteiger partial charge >= 0.3 is 11.8 Å². The summed E-state index contributed by atoms with van der Waals surface area (Å²) in [6.07, 6.45) is 3.89. The Kier molecular flexibility index (Phi) is 4.81. The fourth-order valence-corrected chi connectivity index (χ4v) is 2.22. The van der Waals surface area contributed by atoms with Gasteiger partial charge in [0, 0.05) is 24.5 Å². The van der Waals surface area contributed by atoms with Crippen molar-refractivity contribution in [2.24, 2.45) is 0 Å². The van der Waals surface area contributed by atoms with Gasteiger partial charge in [0.15, 0.2) is 0 Å². The predicted octanol–water partition coefficient (Wildman–Crippen LogP) is 2.11. The van der Waals surface area contributed by atoms with E-state index in [0.717, 1.165) is 11.3 Å². The van der Waals surface area contributed by atoms with Crippen LogP contribution in [0.25, 0.3) is 11.4 Å². The largest absolute Gasteiger partial charge is 0.496 e. The van der Waals surface area contributed by atoms with E-state index in [0.29, 0.717) is 24.4 Å². The van der Waals surface area contributed by atoms with Crippen molar-refractivity contribution >= 4 is 5.91 Å². The molecule has 1 aromatic carbocycles. The fraction of sp³-hybridized carbons (Fsp3) is 0.176. The van der Waals surface area contributed by atoms with Crippen molar-refractivity contribution in [1.29, 1.82) is 0 Å². The highest BCUT2D eigenvalue weighted by Gasteiger charge is 2.15. The van der Waals surface area contributed by atoms with Crippen molar-refractivity contribution < 1.29 is 14.1 Å². The number of aromatic nitrogens is 3. The maximum absolute atomic E-state index is 12.1. The van der Waals surface area contributed by atoms with E-state index in [1.807, 2.05) is 24.3 Å². The van der Waals surface area contributed by atoms with Gasteiger partial charge in [0.05, 0.1) is 7.11 Å². The average Bonchev–Trinajstić information content (AvgIpc) is 3.13. The summed E-state index contributed by atoms with van der Waals surface area (Å²) in [4.78, 5) is 20.1. The molecule has 0 atom stereocenters. The highest BCUT2D eigenvalue weighted by atomic mass is 16.5. The van der Waals surface area contributed by atoms with Crippen molar-refractivity contribution in [3.8, 4) is 17.1 Å². The van der Waals surface area contributed by atoms with Gasteiger partial charge in [0.1, 0.15) is 5.75 Å². The number of amides is 1. The summed E-state index contributed by atoms with van der Waals surface area (Å²) in [5.41, 5.74) is 1.70. The van der Waals surface area contributed by atoms with Gasteiger partial charge in [-0.25, -0.2) is 0 Å². The molecule has 0 bridgehead atoms. The van der Waals surface area contributed by atoms with Crippen molar-refractivity contribution in [3.05, 3.63) is 60.2 Å². The van der Waals surface area contributed by atoms with E-state index in [-0.39, 0.29) is 5.89 Å². The van der Waals surface area contributed by atoms with Crippen LogP contribution >= 0.6 is 0 Å². The molecule has 1 amide bonds. The number of nitrogens with one attached hydrogen (secondary N) is 1. The second-order valence-electron chi connectivity index (χ2n) is 4.98. The number of hydrogen-bond acceptors (Lipinski definition) is 6. The molecule has 0 spiro atoms. The van der Waals surface area contributed by atoms with E-state index in [9.17, 15) is 4.79 Å². The van der Waals surface area contributed by atoms with E-state index in [2.05, 4.69) is 20.4 Å². The molecule has 0 aliphatic carbocycles. The van der Waals surface area contributed by atoms with E-state index < -0.39 is 5.91 Å². The van der Waals surface area contributed by atoms with Crippen molar-refractivity contribution in [3.63, 3.8) is 0 Å². The van der Waals surface area contributed by atoms with Gasteiger partial charge in [-0.2, -0.15) is 4.98 Å². The maximum atomic E-state index is 12.1. The lowest BCUT2D eigenvalue weighted by atomic mass is 10.1. The second kappa shape index (κ2) is 7.36. The second-order valence-corrected chi connectivity index (χ2v) is 4.98. The highest BCUT2D eigenvalue weighted by Crippen LogP contribution is 2.17. The van der Waals surface area contributed by atoms with Crippen LogP contribution in [0.3, 0.4) is 0 Å². The van der Waals surface area contributed by atoms with Gasteiger partial charge in [-0.15, -0.1) is 0 Å². The van der Waals surface area contributed by atoms with Gasteiger partial charge in [-0.3, -0.25) is 9.78 Å². The highest BCUT2D eigenvalue weighted by molar-refractivity contribution is 5.89. The summed E-state index contributed by atoms with van der Waals surface area (Å²) in [5, 5.41) is 6.55. The van der Waals surface area contributed by atoms with Gasteiger partial charge < -0.3 is 14.6 Å². The van der Waals surface area contributed by atoms with Gasteiger partial charge in [-0.05, 0) is 30.2 Å². The van der Waals surface area contributed by atoms with Crippen molar-refractivity contribution in [2.75, 3.05) is 13.7 Å². The molecule has 0 saturated heterocycles. The van der Waals surface area contributed by atoms with E-state index in [1.165, 1.54) is 0 Å². The van der Waals surface area contributed by atoms with E-state index in [4.69, 9.17) is 9.26 Å². The SMILES string of the molecule is COc1ccccc1CCNC(=O)c1nc(-c2cccnc2)no1. The molecule has 2 heterocycles. The lowest BCUT2D eigenvalue weighted by molar-refractivity contribution is 0.0910. The lowest BCUT2D eigenvalue weighted by Gasteiger charge is -2.07. The van der Waals surface area contributed by atoms with Gasteiger partial charge in [-0.1, -0.05) is 23.4 Å². The average molecular weight is 324 g/mol. The van der Waals surface area contributed by atoms with Crippen LogP contribution in [0, 0.1) is 0 Å². The summed E-state index contributed by atoms with van der Waals surface area (Å²) >= 11 is 0. The van der Waals surface area contributed by atoms with Gasteiger partial charge in [0.2, 0.25) is 5.82 Å². The molecule has 0 unspecified atom stereocenters. The van der Waals surface area contributed by atoms with Crippen LogP contribution in [0.1, 0.15) is 16.2 Å². The molecular formula is C17H16N4O3. The summed E-state index contributed by atoms with van der Waals surface area (Å²) in [7, 11) is 1.62. The van der Waals surface area contributed by atoms with Crippen LogP contribution in [-0.4, -0.2) is 34.7 Å². The Morgan fingerprint density at radius 3 is 2.92 bits per heavy atom. The van der Waals surface area contributed by atoms with E-state index in [1.54, 1.807) is 31.6 Å². The van der Waals surface area contributed by atoms with Crippen molar-refractivity contribution in [1.82, 2.24) is 20.4 Å². The molecule has 7 nitrogen and oxygen atoms in total. The molecule has 122 valence electrons. The minimum atomic E-state index is -0.410. The standard InChI is InChI=1S/C17H16N4O3/c1-23-14-7-3-2-5-12(14)8-10-19-16(22)17-20-15(21-24-17)13-6-4-9-18-11-13/h2-7,9,11H,8,10H2,1H3,(H,19,22). The monoisotopic (exact) mass is 324 g/mol. The summed E-state index contributed by atoms with van der Waals surface area (Å²) < 4.78 is 10.3. The molecule has 7 heteroatoms. The Labute approximate surface area is 138 Å². The van der Waals surface area contributed by atoms with Crippen LogP contribution in [0.15, 0.2) is 53.3 Å². The first-order valence-corrected chi connectivity index (χ1v) is 7.42. The number of rotatable bonds is 6. The third-order valence-corrected chi connectivity index (χ3v) is 3.41. The summed E-state index contributed by atoms with van der Waals surface area (Å²) in [6, 6.07) is 11.2. The first-order chi connectivity index (χ1) is 11.8. The smallest absolute Gasteiger partial charge is 0.316 e. The molecule has 24 heavy (non-hydrogen) atoms.